The lowest BCUT2D eigenvalue weighted by Gasteiger charge is -2.18. The zero-order chi connectivity index (χ0) is 13.7. The molecule has 3 nitrogen and oxygen atoms in total. The highest BCUT2D eigenvalue weighted by Crippen LogP contribution is 2.24. The van der Waals surface area contributed by atoms with E-state index in [4.69, 9.17) is 10.6 Å². The van der Waals surface area contributed by atoms with E-state index in [0.29, 0.717) is 6.10 Å². The fraction of sp³-hybridized carbons (Fsp3) is 0.625. The summed E-state index contributed by atoms with van der Waals surface area (Å²) in [5.41, 5.74) is 6.86. The van der Waals surface area contributed by atoms with Gasteiger partial charge in [0.15, 0.2) is 0 Å². The van der Waals surface area contributed by atoms with Crippen molar-refractivity contribution in [2.24, 2.45) is 5.84 Å². The zero-order valence-electron chi connectivity index (χ0n) is 12.1. The minimum Gasteiger partial charge on any atom is -0.378 e. The van der Waals surface area contributed by atoms with Crippen LogP contribution in [0.4, 0.5) is 0 Å². The Morgan fingerprint density at radius 3 is 2.63 bits per heavy atom. The summed E-state index contributed by atoms with van der Waals surface area (Å²) in [5.74, 6) is 5.72. The van der Waals surface area contributed by atoms with Crippen molar-refractivity contribution in [1.82, 2.24) is 5.43 Å². The third-order valence-electron chi connectivity index (χ3n) is 3.89. The van der Waals surface area contributed by atoms with E-state index in [9.17, 15) is 0 Å². The number of nitrogens with one attached hydrogen (secondary N) is 1. The molecule has 1 aromatic carbocycles. The molecule has 1 heterocycles. The predicted molar refractivity (Wildman–Crippen MR) is 78.8 cm³/mol. The average Bonchev–Trinajstić information content (AvgIpc) is 2.86. The largest absolute Gasteiger partial charge is 0.378 e. The van der Waals surface area contributed by atoms with E-state index in [-0.39, 0.29) is 6.04 Å². The Morgan fingerprint density at radius 2 is 2.05 bits per heavy atom. The van der Waals surface area contributed by atoms with Gasteiger partial charge in [0, 0.05) is 12.6 Å². The molecule has 1 aliphatic heterocycles. The monoisotopic (exact) mass is 262 g/mol. The summed E-state index contributed by atoms with van der Waals surface area (Å²) in [6.07, 6.45) is 6.32. The van der Waals surface area contributed by atoms with Gasteiger partial charge in [0.1, 0.15) is 0 Å². The van der Waals surface area contributed by atoms with Gasteiger partial charge in [0.05, 0.1) is 6.10 Å². The smallest absolute Gasteiger partial charge is 0.0576 e. The molecule has 19 heavy (non-hydrogen) atoms. The molecule has 2 atom stereocenters. The Morgan fingerprint density at radius 1 is 1.32 bits per heavy atom. The Hall–Kier alpha value is -0.900. The van der Waals surface area contributed by atoms with Crippen LogP contribution in [0, 0.1) is 13.8 Å². The highest BCUT2D eigenvalue weighted by atomic mass is 16.5. The summed E-state index contributed by atoms with van der Waals surface area (Å²) < 4.78 is 5.66. The van der Waals surface area contributed by atoms with Crippen molar-refractivity contribution in [3.8, 4) is 0 Å². The van der Waals surface area contributed by atoms with Gasteiger partial charge in [-0.05, 0) is 51.5 Å². The second-order valence-corrected chi connectivity index (χ2v) is 5.71. The number of hydrogen-bond acceptors (Lipinski definition) is 3. The van der Waals surface area contributed by atoms with Gasteiger partial charge in [-0.1, -0.05) is 29.3 Å². The first-order chi connectivity index (χ1) is 9.19. The van der Waals surface area contributed by atoms with Crippen LogP contribution < -0.4 is 11.3 Å². The zero-order valence-corrected chi connectivity index (χ0v) is 12.1. The maximum Gasteiger partial charge on any atom is 0.0576 e. The topological polar surface area (TPSA) is 47.3 Å². The molecule has 0 saturated carbocycles. The molecule has 3 heteroatoms. The minimum absolute atomic E-state index is 0.250. The molecule has 3 N–H and O–H groups in total. The molecule has 0 spiro atoms. The molecule has 106 valence electrons. The molecule has 2 unspecified atom stereocenters. The quantitative estimate of drug-likeness (QED) is 0.611. The molecular weight excluding hydrogens is 236 g/mol. The predicted octanol–water partition coefficient (Wildman–Crippen LogP) is 3.16. The van der Waals surface area contributed by atoms with Gasteiger partial charge in [0.25, 0.3) is 0 Å². The molecule has 0 bridgehead atoms. The standard InChI is InChI=1S/C16H26N2O/c1-12-9-13(2)11-14(10-12)16(18-17)7-3-5-15-6-4-8-19-15/h9-11,15-16,18H,3-8,17H2,1-2H3. The number of rotatable bonds is 6. The van der Waals surface area contributed by atoms with E-state index >= 15 is 0 Å². The fourth-order valence-corrected chi connectivity index (χ4v) is 2.98. The summed E-state index contributed by atoms with van der Waals surface area (Å²) in [5, 5.41) is 0. The molecule has 1 saturated heterocycles. The van der Waals surface area contributed by atoms with Crippen molar-refractivity contribution in [1.29, 1.82) is 0 Å². The fourth-order valence-electron chi connectivity index (χ4n) is 2.98. The van der Waals surface area contributed by atoms with E-state index in [2.05, 4.69) is 37.5 Å². The maximum absolute atomic E-state index is 5.72. The summed E-state index contributed by atoms with van der Waals surface area (Å²) in [6.45, 7) is 5.22. The van der Waals surface area contributed by atoms with Crippen LogP contribution in [0.3, 0.4) is 0 Å². The van der Waals surface area contributed by atoms with Crippen LogP contribution in [-0.4, -0.2) is 12.7 Å². The molecule has 1 aliphatic rings. The second-order valence-electron chi connectivity index (χ2n) is 5.71. The number of hydrazine groups is 1. The van der Waals surface area contributed by atoms with Crippen LogP contribution in [-0.2, 0) is 4.74 Å². The van der Waals surface area contributed by atoms with Gasteiger partial charge in [-0.3, -0.25) is 11.3 Å². The van der Waals surface area contributed by atoms with Gasteiger partial charge >= 0.3 is 0 Å². The molecule has 1 fully saturated rings. The van der Waals surface area contributed by atoms with Gasteiger partial charge in [-0.2, -0.15) is 0 Å². The SMILES string of the molecule is Cc1cc(C)cc(C(CCCC2CCCO2)NN)c1. The van der Waals surface area contributed by atoms with Crippen LogP contribution in [0.2, 0.25) is 0 Å². The van der Waals surface area contributed by atoms with Gasteiger partial charge in [-0.15, -0.1) is 0 Å². The molecule has 0 aliphatic carbocycles. The second kappa shape index (κ2) is 7.04. The lowest BCUT2D eigenvalue weighted by Crippen LogP contribution is -2.28. The van der Waals surface area contributed by atoms with Crippen LogP contribution in [0.25, 0.3) is 0 Å². The summed E-state index contributed by atoms with van der Waals surface area (Å²) >= 11 is 0. The number of nitrogens with two attached hydrogens (primary N) is 1. The van der Waals surface area contributed by atoms with E-state index in [1.54, 1.807) is 0 Å². The molecule has 0 aromatic heterocycles. The third-order valence-corrected chi connectivity index (χ3v) is 3.89. The van der Waals surface area contributed by atoms with E-state index < -0.39 is 0 Å². The first-order valence-corrected chi connectivity index (χ1v) is 7.35. The lowest BCUT2D eigenvalue weighted by atomic mass is 9.97. The van der Waals surface area contributed by atoms with Gasteiger partial charge in [-0.25, -0.2) is 0 Å². The van der Waals surface area contributed by atoms with Crippen LogP contribution in [0.5, 0.6) is 0 Å². The van der Waals surface area contributed by atoms with Crippen molar-refractivity contribution >= 4 is 0 Å². The molecule has 0 radical (unpaired) electrons. The summed E-state index contributed by atoms with van der Waals surface area (Å²) in [7, 11) is 0. The molecule has 2 rings (SSSR count). The lowest BCUT2D eigenvalue weighted by molar-refractivity contribution is 0.101. The number of ether oxygens (including phenoxy) is 1. The van der Waals surface area contributed by atoms with Crippen molar-refractivity contribution in [3.05, 3.63) is 34.9 Å². The minimum atomic E-state index is 0.250. The van der Waals surface area contributed by atoms with Gasteiger partial charge < -0.3 is 4.74 Å². The van der Waals surface area contributed by atoms with Crippen LogP contribution in [0.15, 0.2) is 18.2 Å². The molecule has 1 aromatic rings. The van der Waals surface area contributed by atoms with E-state index in [1.165, 1.54) is 29.5 Å². The van der Waals surface area contributed by atoms with Crippen molar-refractivity contribution in [3.63, 3.8) is 0 Å². The maximum atomic E-state index is 5.72. The third kappa shape index (κ3) is 4.30. The Balaban J connectivity index is 1.87. The Labute approximate surface area is 116 Å². The summed E-state index contributed by atoms with van der Waals surface area (Å²) in [6, 6.07) is 6.90. The number of hydrogen-bond donors (Lipinski definition) is 2. The number of aryl methyl sites for hydroxylation is 2. The van der Waals surface area contributed by atoms with Crippen molar-refractivity contribution in [2.45, 2.75) is 58.1 Å². The highest BCUT2D eigenvalue weighted by molar-refractivity contribution is 5.30. The highest BCUT2D eigenvalue weighted by Gasteiger charge is 2.16. The van der Waals surface area contributed by atoms with E-state index in [0.717, 1.165) is 25.9 Å². The Bertz CT molecular complexity index is 379. The average molecular weight is 262 g/mol. The Kier molecular flexibility index (Phi) is 5.37. The number of benzene rings is 1. The normalized spacial score (nSPS) is 20.7. The van der Waals surface area contributed by atoms with Crippen LogP contribution in [0.1, 0.15) is 54.8 Å². The van der Waals surface area contributed by atoms with Crippen LogP contribution >= 0.6 is 0 Å². The van der Waals surface area contributed by atoms with Gasteiger partial charge in [0.2, 0.25) is 0 Å². The first-order valence-electron chi connectivity index (χ1n) is 7.35. The van der Waals surface area contributed by atoms with Crippen molar-refractivity contribution in [2.75, 3.05) is 6.61 Å². The first kappa shape index (κ1) is 14.5. The molecule has 0 amide bonds. The van der Waals surface area contributed by atoms with E-state index in [1.807, 2.05) is 0 Å². The summed E-state index contributed by atoms with van der Waals surface area (Å²) in [4.78, 5) is 0. The van der Waals surface area contributed by atoms with Crippen molar-refractivity contribution < 1.29 is 4.74 Å². The molecular formula is C16H26N2O.